The zero-order valence-electron chi connectivity index (χ0n) is 14.0. The Morgan fingerprint density at radius 1 is 1.38 bits per heavy atom. The Balaban J connectivity index is 1.75. The Morgan fingerprint density at radius 2 is 2.19 bits per heavy atom. The van der Waals surface area contributed by atoms with Crippen LogP contribution in [0.5, 0.6) is 0 Å². The largest absolute Gasteiger partial charge is 0.418 e. The van der Waals surface area contributed by atoms with Gasteiger partial charge in [0.05, 0.1) is 0 Å². The molecule has 0 spiro atoms. The van der Waals surface area contributed by atoms with Crippen molar-refractivity contribution in [2.75, 3.05) is 0 Å². The van der Waals surface area contributed by atoms with Crippen molar-refractivity contribution in [3.63, 3.8) is 0 Å². The minimum absolute atomic E-state index is 0.331. The fraction of sp³-hybridized carbons (Fsp3) is 0.105. The third-order valence-corrected chi connectivity index (χ3v) is 4.31. The first-order valence-corrected chi connectivity index (χ1v) is 8.03. The summed E-state index contributed by atoms with van der Waals surface area (Å²) in [5.74, 6) is -1.08. The summed E-state index contributed by atoms with van der Waals surface area (Å²) in [4.78, 5) is 29.8. The van der Waals surface area contributed by atoms with Crippen molar-refractivity contribution in [2.45, 2.75) is 6.42 Å². The number of pyridine rings is 1. The molecular formula is C19H16N4O3. The highest BCUT2D eigenvalue weighted by Crippen LogP contribution is 2.24. The average Bonchev–Trinajstić information content (AvgIpc) is 3.13. The van der Waals surface area contributed by atoms with E-state index in [4.69, 9.17) is 10.2 Å². The second-order valence-electron chi connectivity index (χ2n) is 6.12. The van der Waals surface area contributed by atoms with Crippen molar-refractivity contribution < 1.29 is 9.21 Å². The molecule has 0 radical (unpaired) electrons. The predicted molar refractivity (Wildman–Crippen MR) is 98.4 cm³/mol. The van der Waals surface area contributed by atoms with Crippen LogP contribution in [0.25, 0.3) is 28.2 Å². The van der Waals surface area contributed by atoms with E-state index in [9.17, 15) is 9.59 Å². The standard InChI is InChI=1S/C19H16N4O3/c1-23-10-13(14-4-2-3-5-15(14)23)8-12(17(20)24)6-11-7-16-18(21-9-11)22-19(25)26-16/h2-7,9-10H,8H2,1H3,(H2,20,24)(H,21,22,25). The van der Waals surface area contributed by atoms with Crippen molar-refractivity contribution in [3.8, 4) is 0 Å². The van der Waals surface area contributed by atoms with Crippen molar-refractivity contribution in [2.24, 2.45) is 12.8 Å². The first-order valence-electron chi connectivity index (χ1n) is 8.03. The molecule has 0 saturated carbocycles. The van der Waals surface area contributed by atoms with E-state index in [0.29, 0.717) is 28.8 Å². The Bertz CT molecular complexity index is 1230. The average molecular weight is 348 g/mol. The molecule has 3 aromatic heterocycles. The fourth-order valence-electron chi connectivity index (χ4n) is 3.11. The number of para-hydroxylation sites is 1. The number of aryl methyl sites for hydroxylation is 1. The van der Waals surface area contributed by atoms with E-state index in [1.165, 1.54) is 0 Å². The first kappa shape index (κ1) is 15.9. The maximum atomic E-state index is 12.0. The monoisotopic (exact) mass is 348 g/mol. The number of nitrogens with two attached hydrogens (primary N) is 1. The predicted octanol–water partition coefficient (Wildman–Crippen LogP) is 2.12. The summed E-state index contributed by atoms with van der Waals surface area (Å²) < 4.78 is 7.03. The number of benzene rings is 1. The van der Waals surface area contributed by atoms with Crippen LogP contribution in [0.3, 0.4) is 0 Å². The van der Waals surface area contributed by atoms with Gasteiger partial charge in [0.2, 0.25) is 5.91 Å². The molecule has 0 fully saturated rings. The maximum absolute atomic E-state index is 12.0. The summed E-state index contributed by atoms with van der Waals surface area (Å²) in [6.45, 7) is 0. The van der Waals surface area contributed by atoms with E-state index in [2.05, 4.69) is 9.97 Å². The summed E-state index contributed by atoms with van der Waals surface area (Å²) in [6.07, 6.45) is 5.61. The van der Waals surface area contributed by atoms with Crippen molar-refractivity contribution in [1.29, 1.82) is 0 Å². The van der Waals surface area contributed by atoms with Gasteiger partial charge in [-0.3, -0.25) is 9.78 Å². The molecule has 4 aromatic rings. The van der Waals surface area contributed by atoms with Gasteiger partial charge in [-0.15, -0.1) is 0 Å². The zero-order chi connectivity index (χ0) is 18.3. The number of carbonyl (C=O) groups excluding carboxylic acids is 1. The van der Waals surface area contributed by atoms with Crippen molar-refractivity contribution >= 4 is 34.1 Å². The molecule has 7 heteroatoms. The first-order chi connectivity index (χ1) is 12.5. The van der Waals surface area contributed by atoms with Gasteiger partial charge < -0.3 is 14.7 Å². The van der Waals surface area contributed by atoms with Gasteiger partial charge in [0.25, 0.3) is 0 Å². The molecule has 0 saturated heterocycles. The number of hydrogen-bond donors (Lipinski definition) is 2. The number of fused-ring (bicyclic) bond motifs is 2. The Hall–Kier alpha value is -3.61. The van der Waals surface area contributed by atoms with Crippen LogP contribution >= 0.6 is 0 Å². The van der Waals surface area contributed by atoms with E-state index in [1.54, 1.807) is 18.3 Å². The van der Waals surface area contributed by atoms with Crippen molar-refractivity contribution in [1.82, 2.24) is 14.5 Å². The van der Waals surface area contributed by atoms with Crippen LogP contribution in [0, 0.1) is 0 Å². The molecule has 3 heterocycles. The van der Waals surface area contributed by atoms with E-state index >= 15 is 0 Å². The van der Waals surface area contributed by atoms with Gasteiger partial charge in [0.1, 0.15) is 0 Å². The smallest absolute Gasteiger partial charge is 0.406 e. The molecule has 1 aromatic carbocycles. The maximum Gasteiger partial charge on any atom is 0.418 e. The third-order valence-electron chi connectivity index (χ3n) is 4.31. The highest BCUT2D eigenvalue weighted by Gasteiger charge is 2.12. The minimum atomic E-state index is -0.570. The van der Waals surface area contributed by atoms with E-state index in [-0.39, 0.29) is 0 Å². The second kappa shape index (κ2) is 6.03. The lowest BCUT2D eigenvalue weighted by Crippen LogP contribution is -2.15. The second-order valence-corrected chi connectivity index (χ2v) is 6.12. The van der Waals surface area contributed by atoms with E-state index in [0.717, 1.165) is 16.5 Å². The van der Waals surface area contributed by atoms with Gasteiger partial charge in [-0.2, -0.15) is 0 Å². The number of primary amides is 1. The summed E-state index contributed by atoms with van der Waals surface area (Å²) >= 11 is 0. The topological polar surface area (TPSA) is 107 Å². The van der Waals surface area contributed by atoms with Crippen LogP contribution in [-0.2, 0) is 18.3 Å². The summed E-state index contributed by atoms with van der Waals surface area (Å²) in [5, 5.41) is 1.08. The molecular weight excluding hydrogens is 332 g/mol. The molecule has 1 amide bonds. The molecule has 0 bridgehead atoms. The number of rotatable bonds is 4. The number of H-pyrrole nitrogens is 1. The lowest BCUT2D eigenvalue weighted by molar-refractivity contribution is -0.114. The highest BCUT2D eigenvalue weighted by atomic mass is 16.4. The molecule has 0 aliphatic heterocycles. The van der Waals surface area contributed by atoms with Gasteiger partial charge in [-0.1, -0.05) is 18.2 Å². The van der Waals surface area contributed by atoms with Crippen LogP contribution < -0.4 is 11.5 Å². The van der Waals surface area contributed by atoms with Gasteiger partial charge in [-0.05, 0) is 29.3 Å². The third kappa shape index (κ3) is 2.79. The van der Waals surface area contributed by atoms with Gasteiger partial charge in [-0.25, -0.2) is 9.78 Å². The highest BCUT2D eigenvalue weighted by molar-refractivity contribution is 5.98. The molecule has 130 valence electrons. The molecule has 4 rings (SSSR count). The minimum Gasteiger partial charge on any atom is -0.406 e. The van der Waals surface area contributed by atoms with Gasteiger partial charge in [0.15, 0.2) is 11.2 Å². The number of aromatic amines is 1. The fourth-order valence-corrected chi connectivity index (χ4v) is 3.11. The zero-order valence-corrected chi connectivity index (χ0v) is 14.0. The molecule has 0 unspecified atom stereocenters. The van der Waals surface area contributed by atoms with Gasteiger partial charge >= 0.3 is 5.76 Å². The Kier molecular flexibility index (Phi) is 3.69. The number of aromatic nitrogens is 3. The van der Waals surface area contributed by atoms with Crippen LogP contribution in [0.15, 0.2) is 57.5 Å². The summed E-state index contributed by atoms with van der Waals surface area (Å²) in [7, 11) is 1.96. The molecule has 7 nitrogen and oxygen atoms in total. The van der Waals surface area contributed by atoms with Crippen LogP contribution in [-0.4, -0.2) is 20.4 Å². The molecule has 3 N–H and O–H groups in total. The number of carbonyl (C=O) groups is 1. The normalized spacial score (nSPS) is 12.1. The quantitative estimate of drug-likeness (QED) is 0.551. The Labute approximate surface area is 147 Å². The lowest BCUT2D eigenvalue weighted by atomic mass is 10.0. The number of nitrogens with zero attached hydrogens (tertiary/aromatic N) is 2. The summed E-state index contributed by atoms with van der Waals surface area (Å²) in [6, 6.07) is 9.63. The number of amides is 1. The van der Waals surface area contributed by atoms with Crippen LogP contribution in [0.2, 0.25) is 0 Å². The van der Waals surface area contributed by atoms with Crippen LogP contribution in [0.4, 0.5) is 0 Å². The number of oxazole rings is 1. The van der Waals surface area contributed by atoms with E-state index < -0.39 is 11.7 Å². The summed E-state index contributed by atoms with van der Waals surface area (Å²) in [5.41, 5.74) is 9.45. The SMILES string of the molecule is Cn1cc(CC(=Cc2cnc3[nH]c(=O)oc3c2)C(N)=O)c2ccccc21. The van der Waals surface area contributed by atoms with E-state index in [1.807, 2.05) is 42.1 Å². The molecule has 0 atom stereocenters. The molecule has 0 aliphatic carbocycles. The molecule has 26 heavy (non-hydrogen) atoms. The van der Waals surface area contributed by atoms with Crippen LogP contribution in [0.1, 0.15) is 11.1 Å². The number of nitrogens with one attached hydrogen (secondary N) is 1. The van der Waals surface area contributed by atoms with Crippen molar-refractivity contribution in [3.05, 3.63) is 70.0 Å². The van der Waals surface area contributed by atoms with Gasteiger partial charge in [0, 0.05) is 42.3 Å². The lowest BCUT2D eigenvalue weighted by Gasteiger charge is -2.03. The molecule has 0 aliphatic rings. The Morgan fingerprint density at radius 3 is 3.00 bits per heavy atom. The number of hydrogen-bond acceptors (Lipinski definition) is 4.